The van der Waals surface area contributed by atoms with Gasteiger partial charge < -0.3 is 10.2 Å². The first kappa shape index (κ1) is 14.2. The van der Waals surface area contributed by atoms with Crippen molar-refractivity contribution in [2.24, 2.45) is 5.92 Å². The zero-order valence-corrected chi connectivity index (χ0v) is 13.4. The van der Waals surface area contributed by atoms with Crippen LogP contribution in [0.1, 0.15) is 25.3 Å². The summed E-state index contributed by atoms with van der Waals surface area (Å²) in [6.45, 7) is 2.81. The van der Waals surface area contributed by atoms with E-state index in [-0.39, 0.29) is 5.91 Å². The molecule has 1 N–H and O–H groups in total. The van der Waals surface area contributed by atoms with Crippen molar-refractivity contribution in [1.82, 2.24) is 4.90 Å². The van der Waals surface area contributed by atoms with Crippen LogP contribution in [0.4, 0.5) is 5.69 Å². The molecule has 0 bridgehead atoms. The average molecular weight is 346 g/mol. The lowest BCUT2D eigenvalue weighted by Crippen LogP contribution is -2.45. The zero-order chi connectivity index (χ0) is 15.0. The van der Waals surface area contributed by atoms with Crippen molar-refractivity contribution >= 4 is 27.5 Å². The smallest absolute Gasteiger partial charge is 0.248 e. The van der Waals surface area contributed by atoms with Crippen molar-refractivity contribution in [1.29, 1.82) is 5.26 Å². The van der Waals surface area contributed by atoms with E-state index in [1.165, 1.54) is 0 Å². The molecule has 1 fully saturated rings. The van der Waals surface area contributed by atoms with E-state index in [1.54, 1.807) is 12.1 Å². The molecule has 0 saturated heterocycles. The molecule has 1 heterocycles. The second kappa shape index (κ2) is 5.53. The van der Waals surface area contributed by atoms with Crippen molar-refractivity contribution < 1.29 is 4.79 Å². The molecule has 1 aromatic carbocycles. The Morgan fingerprint density at radius 3 is 2.86 bits per heavy atom. The number of nitrogens with zero attached hydrogens (tertiary/aromatic N) is 2. The Bertz CT molecular complexity index is 656. The van der Waals surface area contributed by atoms with E-state index < -0.39 is 0 Å². The molecule has 0 unspecified atom stereocenters. The lowest BCUT2D eigenvalue weighted by atomic mass is 9.81. The predicted octanol–water partition coefficient (Wildman–Crippen LogP) is 3.26. The van der Waals surface area contributed by atoms with Gasteiger partial charge in [0.05, 0.1) is 17.8 Å². The summed E-state index contributed by atoms with van der Waals surface area (Å²) in [5.41, 5.74) is 2.14. The molecule has 1 amide bonds. The molecule has 0 radical (unpaired) electrons. The van der Waals surface area contributed by atoms with E-state index in [2.05, 4.69) is 34.2 Å². The maximum absolute atomic E-state index is 12.1. The second-order valence-corrected chi connectivity index (χ2v) is 6.62. The number of amides is 1. The second-order valence-electron chi connectivity index (χ2n) is 5.77. The number of carbonyl (C=O) groups is 1. The summed E-state index contributed by atoms with van der Waals surface area (Å²) in [6, 6.07) is 8.00. The molecule has 3 rings (SSSR count). The van der Waals surface area contributed by atoms with Gasteiger partial charge in [-0.3, -0.25) is 4.79 Å². The van der Waals surface area contributed by atoms with E-state index in [9.17, 15) is 10.1 Å². The fourth-order valence-electron chi connectivity index (χ4n) is 2.94. The minimum Gasteiger partial charge on any atom is -0.355 e. The van der Waals surface area contributed by atoms with Crippen LogP contribution in [0.2, 0.25) is 0 Å². The first-order chi connectivity index (χ1) is 10.1. The summed E-state index contributed by atoms with van der Waals surface area (Å²) >= 11 is 3.45. The van der Waals surface area contributed by atoms with E-state index in [0.717, 1.165) is 28.7 Å². The van der Waals surface area contributed by atoms with Gasteiger partial charge in [0.1, 0.15) is 6.07 Å². The highest BCUT2D eigenvalue weighted by atomic mass is 79.9. The van der Waals surface area contributed by atoms with Gasteiger partial charge in [-0.1, -0.05) is 13.0 Å². The van der Waals surface area contributed by atoms with Crippen LogP contribution in [-0.2, 0) is 4.79 Å². The average Bonchev–Trinajstić information content (AvgIpc) is 2.78. The van der Waals surface area contributed by atoms with Crippen molar-refractivity contribution in [3.63, 3.8) is 0 Å². The number of nitriles is 1. The molecule has 4 nitrogen and oxygen atoms in total. The Kier molecular flexibility index (Phi) is 3.73. The van der Waals surface area contributed by atoms with Crippen molar-refractivity contribution in [2.75, 3.05) is 11.9 Å². The number of para-hydroxylation sites is 1. The number of hydrogen-bond donors (Lipinski definition) is 1. The monoisotopic (exact) mass is 345 g/mol. The van der Waals surface area contributed by atoms with Crippen LogP contribution in [0.3, 0.4) is 0 Å². The SMILES string of the molecule is CC1CC(N2CC(Nc3c(Br)cccc3C#N)=CC2=O)C1. The predicted molar refractivity (Wildman–Crippen MR) is 84.5 cm³/mol. The number of rotatable bonds is 3. The van der Waals surface area contributed by atoms with E-state index in [0.29, 0.717) is 24.1 Å². The lowest BCUT2D eigenvalue weighted by molar-refractivity contribution is -0.128. The van der Waals surface area contributed by atoms with Crippen molar-refractivity contribution in [3.05, 3.63) is 40.0 Å². The van der Waals surface area contributed by atoms with Crippen LogP contribution in [0.15, 0.2) is 34.4 Å². The van der Waals surface area contributed by atoms with Crippen LogP contribution in [0, 0.1) is 17.2 Å². The van der Waals surface area contributed by atoms with Crippen LogP contribution >= 0.6 is 15.9 Å². The number of halogens is 1. The Morgan fingerprint density at radius 1 is 1.43 bits per heavy atom. The minimum absolute atomic E-state index is 0.0694. The van der Waals surface area contributed by atoms with Gasteiger partial charge in [-0.2, -0.15) is 5.26 Å². The van der Waals surface area contributed by atoms with Crippen molar-refractivity contribution in [2.45, 2.75) is 25.8 Å². The number of nitrogens with one attached hydrogen (secondary N) is 1. The summed E-state index contributed by atoms with van der Waals surface area (Å²) in [7, 11) is 0. The lowest BCUT2D eigenvalue weighted by Gasteiger charge is -2.39. The molecule has 1 saturated carbocycles. The Morgan fingerprint density at radius 2 is 2.19 bits per heavy atom. The standard InChI is InChI=1S/C16H16BrN3O/c1-10-5-13(6-10)20-9-12(7-15(20)21)19-16-11(8-18)3-2-4-14(16)17/h2-4,7,10,13,19H,5-6,9H2,1H3. The van der Waals surface area contributed by atoms with Gasteiger partial charge in [0.2, 0.25) is 5.91 Å². The topological polar surface area (TPSA) is 56.1 Å². The number of anilines is 1. The summed E-state index contributed by atoms with van der Waals surface area (Å²) in [5, 5.41) is 12.4. The Balaban J connectivity index is 1.74. The molecular formula is C16H16BrN3O. The molecule has 0 atom stereocenters. The van der Waals surface area contributed by atoms with Gasteiger partial charge in [0.15, 0.2) is 0 Å². The normalized spacial score (nSPS) is 24.3. The Labute approximate surface area is 132 Å². The van der Waals surface area contributed by atoms with E-state index in [1.807, 2.05) is 17.0 Å². The first-order valence-corrected chi connectivity index (χ1v) is 7.84. The Hall–Kier alpha value is -1.80. The molecular weight excluding hydrogens is 330 g/mol. The summed E-state index contributed by atoms with van der Waals surface area (Å²) in [6.07, 6.45) is 3.82. The van der Waals surface area contributed by atoms with Crippen LogP contribution < -0.4 is 5.32 Å². The van der Waals surface area contributed by atoms with Crippen LogP contribution in [0.25, 0.3) is 0 Å². The van der Waals surface area contributed by atoms with E-state index >= 15 is 0 Å². The fourth-order valence-corrected chi connectivity index (χ4v) is 3.41. The summed E-state index contributed by atoms with van der Waals surface area (Å²) in [4.78, 5) is 14.0. The first-order valence-electron chi connectivity index (χ1n) is 7.05. The summed E-state index contributed by atoms with van der Waals surface area (Å²) < 4.78 is 0.825. The summed E-state index contributed by atoms with van der Waals surface area (Å²) in [5.74, 6) is 0.785. The third-order valence-corrected chi connectivity index (χ3v) is 4.79. The highest BCUT2D eigenvalue weighted by Crippen LogP contribution is 2.34. The quantitative estimate of drug-likeness (QED) is 0.914. The van der Waals surface area contributed by atoms with Gasteiger partial charge in [0, 0.05) is 22.3 Å². The maximum Gasteiger partial charge on any atom is 0.248 e. The zero-order valence-electron chi connectivity index (χ0n) is 11.8. The minimum atomic E-state index is 0.0694. The maximum atomic E-state index is 12.1. The highest BCUT2D eigenvalue weighted by molar-refractivity contribution is 9.10. The van der Waals surface area contributed by atoms with Gasteiger partial charge in [-0.25, -0.2) is 0 Å². The molecule has 0 aromatic heterocycles. The molecule has 0 spiro atoms. The fraction of sp³-hybridized carbons (Fsp3) is 0.375. The molecule has 1 aliphatic carbocycles. The molecule has 1 aromatic rings. The van der Waals surface area contributed by atoms with Gasteiger partial charge in [-0.05, 0) is 46.8 Å². The largest absolute Gasteiger partial charge is 0.355 e. The number of benzene rings is 1. The van der Waals surface area contributed by atoms with Gasteiger partial charge >= 0.3 is 0 Å². The number of hydrogen-bond acceptors (Lipinski definition) is 3. The third kappa shape index (κ3) is 2.68. The van der Waals surface area contributed by atoms with E-state index in [4.69, 9.17) is 0 Å². The molecule has 21 heavy (non-hydrogen) atoms. The van der Waals surface area contributed by atoms with Gasteiger partial charge in [0.25, 0.3) is 0 Å². The molecule has 108 valence electrons. The van der Waals surface area contributed by atoms with Crippen LogP contribution in [-0.4, -0.2) is 23.4 Å². The van der Waals surface area contributed by atoms with Crippen LogP contribution in [0.5, 0.6) is 0 Å². The third-order valence-electron chi connectivity index (χ3n) is 4.13. The van der Waals surface area contributed by atoms with Gasteiger partial charge in [-0.15, -0.1) is 0 Å². The molecule has 1 aliphatic heterocycles. The molecule has 2 aliphatic rings. The molecule has 5 heteroatoms. The van der Waals surface area contributed by atoms with Crippen molar-refractivity contribution in [3.8, 4) is 6.07 Å². The number of carbonyl (C=O) groups excluding carboxylic acids is 1. The highest BCUT2D eigenvalue weighted by Gasteiger charge is 2.36.